The average Bonchev–Trinajstić information content (AvgIpc) is 2.15. The van der Waals surface area contributed by atoms with Crippen molar-refractivity contribution in [1.82, 2.24) is 4.90 Å². The molecule has 80 valence electrons. The summed E-state index contributed by atoms with van der Waals surface area (Å²) in [7, 11) is -1.92. The van der Waals surface area contributed by atoms with E-state index in [1.807, 2.05) is 0 Å². The fourth-order valence-corrected chi connectivity index (χ4v) is 2.33. The average molecular weight is 221 g/mol. The Labute approximate surface area is 81.7 Å². The van der Waals surface area contributed by atoms with Crippen molar-refractivity contribution in [2.24, 2.45) is 0 Å². The molecule has 1 saturated heterocycles. The van der Waals surface area contributed by atoms with Gasteiger partial charge in [0.1, 0.15) is 0 Å². The summed E-state index contributed by atoms with van der Waals surface area (Å²) in [6.45, 7) is 0.131. The van der Waals surface area contributed by atoms with E-state index in [-0.39, 0.29) is 24.6 Å². The van der Waals surface area contributed by atoms with E-state index >= 15 is 0 Å². The number of amides is 1. The van der Waals surface area contributed by atoms with Gasteiger partial charge in [-0.25, -0.2) is 13.2 Å². The normalized spacial score (nSPS) is 20.2. The molecule has 14 heavy (non-hydrogen) atoms. The van der Waals surface area contributed by atoms with E-state index in [4.69, 9.17) is 0 Å². The molecule has 0 N–H and O–H groups in total. The monoisotopic (exact) mass is 221 g/mol. The Morgan fingerprint density at radius 1 is 1.21 bits per heavy atom. The third-order valence-electron chi connectivity index (χ3n) is 1.99. The van der Waals surface area contributed by atoms with Crippen molar-refractivity contribution < 1.29 is 22.7 Å². The summed E-state index contributed by atoms with van der Waals surface area (Å²) < 4.78 is 26.2. The Morgan fingerprint density at radius 2 is 1.71 bits per heavy atom. The Morgan fingerprint density at radius 3 is 2.14 bits per heavy atom. The number of carbonyl (C=O) groups excluding carboxylic acids is 2. The van der Waals surface area contributed by atoms with Gasteiger partial charge in [0.15, 0.2) is 9.84 Å². The zero-order valence-electron chi connectivity index (χ0n) is 7.73. The van der Waals surface area contributed by atoms with Gasteiger partial charge in [-0.05, 0) is 0 Å². The Kier molecular flexibility index (Phi) is 3.10. The van der Waals surface area contributed by atoms with Gasteiger partial charge >= 0.3 is 11.9 Å². The molecule has 1 amide bonds. The molecule has 0 spiro atoms. The van der Waals surface area contributed by atoms with Crippen LogP contribution < -0.4 is 0 Å². The SMILES string of the molecule is COC(=O)C(=O)N1CCS(=O)(=O)CC1. The van der Waals surface area contributed by atoms with Crippen LogP contribution >= 0.6 is 0 Å². The van der Waals surface area contributed by atoms with E-state index in [1.165, 1.54) is 4.90 Å². The first-order chi connectivity index (χ1) is 6.46. The van der Waals surface area contributed by atoms with Crippen molar-refractivity contribution in [3.05, 3.63) is 0 Å². The van der Waals surface area contributed by atoms with Crippen LogP contribution in [-0.4, -0.2) is 56.9 Å². The lowest BCUT2D eigenvalue weighted by Crippen LogP contribution is -2.46. The summed E-state index contributed by atoms with van der Waals surface area (Å²) >= 11 is 0. The van der Waals surface area contributed by atoms with Crippen LogP contribution in [0.15, 0.2) is 0 Å². The molecule has 0 aliphatic carbocycles. The molecule has 0 bridgehead atoms. The third kappa shape index (κ3) is 2.44. The number of ether oxygens (including phenoxy) is 1. The highest BCUT2D eigenvalue weighted by molar-refractivity contribution is 7.91. The highest BCUT2D eigenvalue weighted by Gasteiger charge is 2.29. The molecular formula is C7H11NO5S. The molecule has 0 atom stereocenters. The molecule has 1 aliphatic rings. The second-order valence-corrected chi connectivity index (χ2v) is 5.24. The summed E-state index contributed by atoms with van der Waals surface area (Å²) in [6.07, 6.45) is 0. The standard InChI is InChI=1S/C7H11NO5S/c1-13-7(10)6(9)8-2-4-14(11,12)5-3-8/h2-5H2,1H3. The lowest BCUT2D eigenvalue weighted by atomic mass is 10.4. The number of hydrogen-bond donors (Lipinski definition) is 0. The smallest absolute Gasteiger partial charge is 0.396 e. The predicted molar refractivity (Wildman–Crippen MR) is 47.2 cm³/mol. The minimum Gasteiger partial charge on any atom is -0.462 e. The summed E-state index contributed by atoms with van der Waals surface area (Å²) in [5.41, 5.74) is 0. The predicted octanol–water partition coefficient (Wildman–Crippen LogP) is -1.58. The van der Waals surface area contributed by atoms with Gasteiger partial charge in [0.2, 0.25) is 0 Å². The van der Waals surface area contributed by atoms with Crippen molar-refractivity contribution in [3.8, 4) is 0 Å². The molecule has 1 fully saturated rings. The van der Waals surface area contributed by atoms with Gasteiger partial charge in [-0.1, -0.05) is 0 Å². The molecule has 0 aromatic heterocycles. The van der Waals surface area contributed by atoms with Crippen molar-refractivity contribution in [2.75, 3.05) is 31.7 Å². The molecule has 7 heteroatoms. The molecular weight excluding hydrogens is 210 g/mol. The molecule has 0 saturated carbocycles. The first-order valence-corrected chi connectivity index (χ1v) is 5.86. The van der Waals surface area contributed by atoms with Gasteiger partial charge < -0.3 is 9.64 Å². The van der Waals surface area contributed by atoms with Crippen LogP contribution in [0.2, 0.25) is 0 Å². The Balaban J connectivity index is 2.58. The summed E-state index contributed by atoms with van der Waals surface area (Å²) in [5.74, 6) is -1.91. The van der Waals surface area contributed by atoms with Crippen LogP contribution in [0.1, 0.15) is 0 Å². The Bertz CT molecular complexity index is 333. The highest BCUT2D eigenvalue weighted by Crippen LogP contribution is 2.04. The second-order valence-electron chi connectivity index (χ2n) is 2.94. The molecule has 0 aromatic rings. The van der Waals surface area contributed by atoms with Gasteiger partial charge in [-0.2, -0.15) is 0 Å². The first-order valence-electron chi connectivity index (χ1n) is 4.04. The quantitative estimate of drug-likeness (QED) is 0.364. The van der Waals surface area contributed by atoms with Crippen LogP contribution in [0, 0.1) is 0 Å². The topological polar surface area (TPSA) is 80.8 Å². The molecule has 1 rings (SSSR count). The molecule has 6 nitrogen and oxygen atoms in total. The van der Waals surface area contributed by atoms with Gasteiger partial charge in [-0.3, -0.25) is 4.79 Å². The van der Waals surface area contributed by atoms with Crippen molar-refractivity contribution in [3.63, 3.8) is 0 Å². The number of carbonyl (C=O) groups is 2. The highest BCUT2D eigenvalue weighted by atomic mass is 32.2. The fourth-order valence-electron chi connectivity index (χ4n) is 1.13. The number of sulfone groups is 1. The maximum atomic E-state index is 11.2. The fraction of sp³-hybridized carbons (Fsp3) is 0.714. The van der Waals surface area contributed by atoms with E-state index in [9.17, 15) is 18.0 Å². The number of nitrogens with zero attached hydrogens (tertiary/aromatic N) is 1. The second kappa shape index (κ2) is 3.95. The summed E-state index contributed by atoms with van der Waals surface area (Å²) in [5, 5.41) is 0. The molecule has 1 aliphatic heterocycles. The lowest BCUT2D eigenvalue weighted by molar-refractivity contribution is -0.158. The van der Waals surface area contributed by atoms with Gasteiger partial charge in [0.05, 0.1) is 18.6 Å². The summed E-state index contributed by atoms with van der Waals surface area (Å²) in [4.78, 5) is 23.2. The lowest BCUT2D eigenvalue weighted by Gasteiger charge is -2.25. The molecule has 1 heterocycles. The van der Waals surface area contributed by atoms with Crippen molar-refractivity contribution in [1.29, 1.82) is 0 Å². The maximum absolute atomic E-state index is 11.2. The number of methoxy groups -OCH3 is 1. The first kappa shape index (κ1) is 11.0. The molecule has 0 radical (unpaired) electrons. The third-order valence-corrected chi connectivity index (χ3v) is 3.60. The van der Waals surface area contributed by atoms with Crippen molar-refractivity contribution in [2.45, 2.75) is 0 Å². The Hall–Kier alpha value is -1.11. The van der Waals surface area contributed by atoms with Crippen LogP contribution in [0.25, 0.3) is 0 Å². The number of hydrogen-bond acceptors (Lipinski definition) is 5. The zero-order valence-corrected chi connectivity index (χ0v) is 8.54. The van der Waals surface area contributed by atoms with Crippen molar-refractivity contribution >= 4 is 21.7 Å². The molecule has 0 aromatic carbocycles. The van der Waals surface area contributed by atoms with Gasteiger partial charge in [-0.15, -0.1) is 0 Å². The van der Waals surface area contributed by atoms with Crippen LogP contribution in [0.5, 0.6) is 0 Å². The van der Waals surface area contributed by atoms with E-state index < -0.39 is 21.7 Å². The van der Waals surface area contributed by atoms with E-state index in [0.29, 0.717) is 0 Å². The zero-order chi connectivity index (χ0) is 10.8. The number of rotatable bonds is 0. The number of esters is 1. The summed E-state index contributed by atoms with van der Waals surface area (Å²) in [6, 6.07) is 0. The maximum Gasteiger partial charge on any atom is 0.396 e. The van der Waals surface area contributed by atoms with Crippen LogP contribution in [0.4, 0.5) is 0 Å². The van der Waals surface area contributed by atoms with Gasteiger partial charge in [0.25, 0.3) is 0 Å². The minimum absolute atomic E-state index is 0.0657. The van der Waals surface area contributed by atoms with E-state index in [2.05, 4.69) is 4.74 Å². The van der Waals surface area contributed by atoms with E-state index in [0.717, 1.165) is 7.11 Å². The van der Waals surface area contributed by atoms with Crippen LogP contribution in [-0.2, 0) is 24.2 Å². The largest absolute Gasteiger partial charge is 0.462 e. The molecule has 0 unspecified atom stereocenters. The van der Waals surface area contributed by atoms with E-state index in [1.54, 1.807) is 0 Å². The minimum atomic E-state index is -3.03. The van der Waals surface area contributed by atoms with Gasteiger partial charge in [0, 0.05) is 13.1 Å². The van der Waals surface area contributed by atoms with Crippen LogP contribution in [0.3, 0.4) is 0 Å².